The lowest BCUT2D eigenvalue weighted by Crippen LogP contribution is -2.13. The molecule has 0 saturated heterocycles. The van der Waals surface area contributed by atoms with Gasteiger partial charge in [-0.25, -0.2) is 9.61 Å². The van der Waals surface area contributed by atoms with Gasteiger partial charge in [-0.3, -0.25) is 4.79 Å². The van der Waals surface area contributed by atoms with Gasteiger partial charge in [0.25, 0.3) is 5.56 Å². The van der Waals surface area contributed by atoms with Crippen LogP contribution in [0.4, 0.5) is 0 Å². The number of rotatable bonds is 4. The standard InChI is InChI=1S/C19H15BrN4OS/c1-12-5-7-14(8-6-12)16-10-17-18(25)21-22-19(24(17)23-16)26-11-13-3-2-4-15(20)9-13/h2-10H,11H2,1H3,(H,21,25). The number of fused-ring (bicyclic) bond motifs is 1. The van der Waals surface area contributed by atoms with E-state index in [0.717, 1.165) is 27.0 Å². The Balaban J connectivity index is 1.70. The van der Waals surface area contributed by atoms with Gasteiger partial charge in [-0.1, -0.05) is 69.7 Å². The Kier molecular flexibility index (Phi) is 4.65. The van der Waals surface area contributed by atoms with E-state index in [4.69, 9.17) is 0 Å². The first-order valence-electron chi connectivity index (χ1n) is 8.03. The molecule has 0 aliphatic carbocycles. The average molecular weight is 427 g/mol. The highest BCUT2D eigenvalue weighted by Gasteiger charge is 2.12. The average Bonchev–Trinajstić information content (AvgIpc) is 3.08. The number of H-pyrrole nitrogens is 1. The van der Waals surface area contributed by atoms with Crippen LogP contribution in [0.15, 0.2) is 69.0 Å². The van der Waals surface area contributed by atoms with Gasteiger partial charge in [0, 0.05) is 15.8 Å². The van der Waals surface area contributed by atoms with E-state index in [1.54, 1.807) is 10.6 Å². The second-order valence-corrected chi connectivity index (χ2v) is 7.80. The summed E-state index contributed by atoms with van der Waals surface area (Å²) in [6.07, 6.45) is 0. The van der Waals surface area contributed by atoms with E-state index in [9.17, 15) is 4.79 Å². The number of nitrogens with one attached hydrogen (secondary N) is 1. The molecule has 26 heavy (non-hydrogen) atoms. The quantitative estimate of drug-likeness (QED) is 0.489. The lowest BCUT2D eigenvalue weighted by atomic mass is 10.1. The Hall–Kier alpha value is -2.38. The van der Waals surface area contributed by atoms with Crippen molar-refractivity contribution in [2.45, 2.75) is 17.8 Å². The normalized spacial score (nSPS) is 11.2. The molecule has 0 radical (unpaired) electrons. The lowest BCUT2D eigenvalue weighted by molar-refractivity contribution is 0.728. The number of halogens is 1. The molecule has 1 N–H and O–H groups in total. The van der Waals surface area contributed by atoms with Gasteiger partial charge in [0.1, 0.15) is 5.52 Å². The van der Waals surface area contributed by atoms with E-state index in [0.29, 0.717) is 10.7 Å². The topological polar surface area (TPSA) is 63.0 Å². The molecule has 0 unspecified atom stereocenters. The number of aromatic amines is 1. The molecule has 2 aromatic carbocycles. The van der Waals surface area contributed by atoms with Gasteiger partial charge in [-0.05, 0) is 30.7 Å². The Morgan fingerprint density at radius 2 is 1.96 bits per heavy atom. The van der Waals surface area contributed by atoms with Crippen LogP contribution in [-0.4, -0.2) is 19.8 Å². The summed E-state index contributed by atoms with van der Waals surface area (Å²) in [4.78, 5) is 12.2. The second-order valence-electron chi connectivity index (χ2n) is 5.95. The van der Waals surface area contributed by atoms with E-state index in [-0.39, 0.29) is 5.56 Å². The minimum atomic E-state index is -0.248. The third-order valence-corrected chi connectivity index (χ3v) is 5.47. The van der Waals surface area contributed by atoms with Crippen LogP contribution < -0.4 is 5.56 Å². The summed E-state index contributed by atoms with van der Waals surface area (Å²) in [6, 6.07) is 18.0. The number of hydrogen-bond donors (Lipinski definition) is 1. The van der Waals surface area contributed by atoms with Gasteiger partial charge in [0.2, 0.25) is 5.16 Å². The highest BCUT2D eigenvalue weighted by molar-refractivity contribution is 9.10. The molecule has 2 aromatic heterocycles. The third kappa shape index (κ3) is 3.45. The fourth-order valence-electron chi connectivity index (χ4n) is 2.63. The molecule has 4 aromatic rings. The highest BCUT2D eigenvalue weighted by atomic mass is 79.9. The molecule has 2 heterocycles. The van der Waals surface area contributed by atoms with Crippen molar-refractivity contribution in [1.29, 1.82) is 0 Å². The Bertz CT molecular complexity index is 1130. The first-order chi connectivity index (χ1) is 12.6. The first kappa shape index (κ1) is 17.1. The molecule has 0 aliphatic heterocycles. The van der Waals surface area contributed by atoms with E-state index in [1.165, 1.54) is 17.3 Å². The Morgan fingerprint density at radius 1 is 1.15 bits per heavy atom. The van der Waals surface area contributed by atoms with Gasteiger partial charge >= 0.3 is 0 Å². The number of thioether (sulfide) groups is 1. The number of aromatic nitrogens is 4. The van der Waals surface area contributed by atoms with Crippen molar-refractivity contribution in [1.82, 2.24) is 19.8 Å². The molecule has 0 saturated carbocycles. The van der Waals surface area contributed by atoms with Crippen LogP contribution >= 0.6 is 27.7 Å². The zero-order valence-corrected chi connectivity index (χ0v) is 16.3. The van der Waals surface area contributed by atoms with Gasteiger partial charge < -0.3 is 0 Å². The van der Waals surface area contributed by atoms with Crippen molar-refractivity contribution in [2.24, 2.45) is 0 Å². The highest BCUT2D eigenvalue weighted by Crippen LogP contribution is 2.24. The van der Waals surface area contributed by atoms with Crippen molar-refractivity contribution < 1.29 is 0 Å². The molecule has 0 fully saturated rings. The SMILES string of the molecule is Cc1ccc(-c2cc3c(=O)[nH]nc(SCc4cccc(Br)c4)n3n2)cc1. The predicted molar refractivity (Wildman–Crippen MR) is 107 cm³/mol. The van der Waals surface area contributed by atoms with Crippen molar-refractivity contribution >= 4 is 33.2 Å². The number of nitrogens with zero attached hydrogens (tertiary/aromatic N) is 3. The van der Waals surface area contributed by atoms with Crippen molar-refractivity contribution in [2.75, 3.05) is 0 Å². The molecule has 4 rings (SSSR count). The lowest BCUT2D eigenvalue weighted by Gasteiger charge is -2.03. The molecule has 0 aliphatic rings. The van der Waals surface area contributed by atoms with Crippen molar-refractivity contribution in [3.8, 4) is 11.3 Å². The van der Waals surface area contributed by atoms with Gasteiger partial charge in [-0.15, -0.1) is 5.10 Å². The summed E-state index contributed by atoms with van der Waals surface area (Å²) in [7, 11) is 0. The summed E-state index contributed by atoms with van der Waals surface area (Å²) in [5, 5.41) is 12.0. The first-order valence-corrected chi connectivity index (χ1v) is 9.81. The molecule has 0 atom stereocenters. The maximum Gasteiger partial charge on any atom is 0.290 e. The fourth-order valence-corrected chi connectivity index (χ4v) is 3.92. The van der Waals surface area contributed by atoms with Crippen LogP contribution in [0.3, 0.4) is 0 Å². The maximum absolute atomic E-state index is 12.2. The predicted octanol–water partition coefficient (Wildman–Crippen LogP) is 4.45. The molecule has 130 valence electrons. The fraction of sp³-hybridized carbons (Fsp3) is 0.105. The zero-order valence-electron chi connectivity index (χ0n) is 13.9. The summed E-state index contributed by atoms with van der Waals surface area (Å²) >= 11 is 5.01. The molecule has 7 heteroatoms. The minimum Gasteiger partial charge on any atom is -0.266 e. The van der Waals surface area contributed by atoms with Crippen LogP contribution in [0.1, 0.15) is 11.1 Å². The summed E-state index contributed by atoms with van der Waals surface area (Å²) in [5.41, 5.74) is 4.32. The Labute approximate surface area is 162 Å². The maximum atomic E-state index is 12.2. The number of aryl methyl sites for hydroxylation is 1. The zero-order chi connectivity index (χ0) is 18.1. The number of hydrogen-bond acceptors (Lipinski definition) is 4. The number of benzene rings is 2. The van der Waals surface area contributed by atoms with E-state index < -0.39 is 0 Å². The largest absolute Gasteiger partial charge is 0.290 e. The summed E-state index contributed by atoms with van der Waals surface area (Å²) in [5.74, 6) is 0.729. The van der Waals surface area contributed by atoms with Crippen LogP contribution in [0.5, 0.6) is 0 Å². The molecular weight excluding hydrogens is 412 g/mol. The van der Waals surface area contributed by atoms with Crippen molar-refractivity contribution in [3.63, 3.8) is 0 Å². The Morgan fingerprint density at radius 3 is 2.73 bits per heavy atom. The van der Waals surface area contributed by atoms with Gasteiger partial charge in [0.05, 0.1) is 5.69 Å². The van der Waals surface area contributed by atoms with Crippen LogP contribution in [-0.2, 0) is 5.75 Å². The van der Waals surface area contributed by atoms with E-state index in [2.05, 4.69) is 43.4 Å². The molecule has 0 amide bonds. The van der Waals surface area contributed by atoms with E-state index >= 15 is 0 Å². The third-order valence-electron chi connectivity index (χ3n) is 3.98. The van der Waals surface area contributed by atoms with Gasteiger partial charge in [0.15, 0.2) is 0 Å². The smallest absolute Gasteiger partial charge is 0.266 e. The van der Waals surface area contributed by atoms with Gasteiger partial charge in [-0.2, -0.15) is 5.10 Å². The second kappa shape index (κ2) is 7.09. The molecule has 5 nitrogen and oxygen atoms in total. The molecular formula is C19H15BrN4OS. The van der Waals surface area contributed by atoms with Crippen molar-refractivity contribution in [3.05, 3.63) is 80.6 Å². The van der Waals surface area contributed by atoms with Crippen LogP contribution in [0, 0.1) is 6.92 Å². The summed E-state index contributed by atoms with van der Waals surface area (Å²) < 4.78 is 2.66. The minimum absolute atomic E-state index is 0.248. The van der Waals surface area contributed by atoms with Crippen LogP contribution in [0.25, 0.3) is 16.8 Å². The van der Waals surface area contributed by atoms with Crippen LogP contribution in [0.2, 0.25) is 0 Å². The molecule has 0 bridgehead atoms. The molecule has 0 spiro atoms. The monoisotopic (exact) mass is 426 g/mol. The van der Waals surface area contributed by atoms with E-state index in [1.807, 2.05) is 43.3 Å². The summed E-state index contributed by atoms with van der Waals surface area (Å²) in [6.45, 7) is 2.04.